The van der Waals surface area contributed by atoms with Crippen LogP contribution in [-0.4, -0.2) is 0 Å². The number of hydrogen-bond acceptors (Lipinski definition) is 1. The summed E-state index contributed by atoms with van der Waals surface area (Å²) >= 11 is 5.78. The molecule has 0 aliphatic rings. The smallest absolute Gasteiger partial charge is 0.125 e. The number of rotatable bonds is 0. The van der Waals surface area contributed by atoms with Gasteiger partial charge in [0.1, 0.15) is 11.6 Å². The van der Waals surface area contributed by atoms with Crippen LogP contribution in [0.3, 0.4) is 0 Å². The van der Waals surface area contributed by atoms with E-state index in [-0.39, 0.29) is 5.82 Å². The van der Waals surface area contributed by atoms with Crippen molar-refractivity contribution in [3.05, 3.63) is 35.0 Å². The van der Waals surface area contributed by atoms with Crippen LogP contribution in [0.2, 0.25) is 5.02 Å². The van der Waals surface area contributed by atoms with Crippen LogP contribution in [-0.2, 0) is 0 Å². The highest BCUT2D eigenvalue weighted by molar-refractivity contribution is 6.35. The average molecular weight is 215 g/mol. The number of fused-ring (bicyclic) bond motifs is 1. The van der Waals surface area contributed by atoms with E-state index < -0.39 is 0 Å². The molecule has 2 rings (SSSR count). The first-order valence-electron chi connectivity index (χ1n) is 4.51. The maximum Gasteiger partial charge on any atom is 0.125 e. The normalized spacial score (nSPS) is 9.79. The molecule has 1 aromatic carbocycles. The summed E-state index contributed by atoms with van der Waals surface area (Å²) in [5.74, 6) is 0.350. The molecule has 1 aromatic heterocycles. The predicted molar refractivity (Wildman–Crippen MR) is 57.3 cm³/mol. The molecule has 1 heterocycles. The Morgan fingerprint density at radius 2 is 1.86 bits per heavy atom. The molecule has 0 aliphatic heterocycles. The van der Waals surface area contributed by atoms with Crippen LogP contribution >= 0.6 is 11.6 Å². The second-order valence-corrected chi connectivity index (χ2v) is 3.05. The molecule has 0 radical (unpaired) electrons. The van der Waals surface area contributed by atoms with E-state index in [1.54, 1.807) is 6.92 Å². The molecule has 0 unspecified atom stereocenters. The Balaban J connectivity index is 0.000000461. The van der Waals surface area contributed by atoms with E-state index in [4.69, 9.17) is 16.0 Å². The fourth-order valence-corrected chi connectivity index (χ4v) is 1.46. The van der Waals surface area contributed by atoms with Crippen molar-refractivity contribution in [1.29, 1.82) is 0 Å². The minimum Gasteiger partial charge on any atom is -0.468 e. The van der Waals surface area contributed by atoms with Crippen LogP contribution < -0.4 is 0 Å². The minimum atomic E-state index is -0.336. The van der Waals surface area contributed by atoms with Crippen molar-refractivity contribution in [3.8, 4) is 0 Å². The predicted octanol–water partition coefficient (Wildman–Crippen LogP) is 4.56. The van der Waals surface area contributed by atoms with Crippen molar-refractivity contribution < 1.29 is 8.81 Å². The van der Waals surface area contributed by atoms with Gasteiger partial charge in [-0.3, -0.25) is 0 Å². The van der Waals surface area contributed by atoms with Crippen molar-refractivity contribution in [3.63, 3.8) is 0 Å². The van der Waals surface area contributed by atoms with Gasteiger partial charge in [-0.05, 0) is 19.1 Å². The van der Waals surface area contributed by atoms with E-state index >= 15 is 0 Å². The first-order valence-corrected chi connectivity index (χ1v) is 4.89. The topological polar surface area (TPSA) is 13.1 Å². The number of aryl methyl sites for hydroxylation is 1. The van der Waals surface area contributed by atoms with Crippen LogP contribution in [0.5, 0.6) is 0 Å². The van der Waals surface area contributed by atoms with E-state index in [2.05, 4.69) is 0 Å². The second-order valence-electron chi connectivity index (χ2n) is 2.64. The maximum atomic E-state index is 12.8. The van der Waals surface area contributed by atoms with Crippen LogP contribution in [0.15, 0.2) is 22.8 Å². The van der Waals surface area contributed by atoms with Gasteiger partial charge >= 0.3 is 0 Å². The zero-order chi connectivity index (χ0) is 10.7. The van der Waals surface area contributed by atoms with E-state index in [0.29, 0.717) is 10.8 Å². The van der Waals surface area contributed by atoms with Crippen LogP contribution in [0.25, 0.3) is 10.8 Å². The standard InChI is InChI=1S/C9H6ClFO.C2H6/c1-5-7-2-6(11)3-9(10)8(7)4-12-5;1-2/h2-4H,1H3;1-2H3. The molecule has 1 nitrogen and oxygen atoms in total. The van der Waals surface area contributed by atoms with Crippen molar-refractivity contribution in [2.75, 3.05) is 0 Å². The number of benzene rings is 1. The summed E-state index contributed by atoms with van der Waals surface area (Å²) < 4.78 is 17.9. The van der Waals surface area contributed by atoms with Gasteiger partial charge in [-0.2, -0.15) is 0 Å². The number of halogens is 2. The highest BCUT2D eigenvalue weighted by Gasteiger charge is 2.06. The van der Waals surface area contributed by atoms with E-state index in [1.807, 2.05) is 13.8 Å². The molecule has 76 valence electrons. The molecule has 0 spiro atoms. The Kier molecular flexibility index (Phi) is 3.53. The first kappa shape index (κ1) is 11.1. The second kappa shape index (κ2) is 4.47. The zero-order valence-electron chi connectivity index (χ0n) is 8.40. The van der Waals surface area contributed by atoms with Crippen molar-refractivity contribution in [2.24, 2.45) is 0 Å². The highest BCUT2D eigenvalue weighted by atomic mass is 35.5. The average Bonchev–Trinajstić information content (AvgIpc) is 2.52. The van der Waals surface area contributed by atoms with Gasteiger partial charge in [0.25, 0.3) is 0 Å². The van der Waals surface area contributed by atoms with Crippen LogP contribution in [0.1, 0.15) is 19.6 Å². The molecule has 0 bridgehead atoms. The molecule has 0 saturated heterocycles. The summed E-state index contributed by atoms with van der Waals surface area (Å²) in [5.41, 5.74) is 0. The molecule has 0 amide bonds. The lowest BCUT2D eigenvalue weighted by Gasteiger charge is -1.93. The lowest BCUT2D eigenvalue weighted by atomic mass is 10.2. The summed E-state index contributed by atoms with van der Waals surface area (Å²) in [6.45, 7) is 5.78. The third-order valence-electron chi connectivity index (χ3n) is 1.83. The summed E-state index contributed by atoms with van der Waals surface area (Å²) in [4.78, 5) is 0. The van der Waals surface area contributed by atoms with Crippen molar-refractivity contribution in [1.82, 2.24) is 0 Å². The first-order chi connectivity index (χ1) is 6.68. The molecule has 2 aromatic rings. The summed E-state index contributed by atoms with van der Waals surface area (Å²) in [7, 11) is 0. The van der Waals surface area contributed by atoms with Crippen LogP contribution in [0, 0.1) is 12.7 Å². The Morgan fingerprint density at radius 1 is 1.21 bits per heavy atom. The van der Waals surface area contributed by atoms with Gasteiger partial charge in [0.2, 0.25) is 0 Å². The molecule has 14 heavy (non-hydrogen) atoms. The molecule has 0 atom stereocenters. The Bertz CT molecular complexity index is 434. The van der Waals surface area contributed by atoms with Gasteiger partial charge in [0.15, 0.2) is 0 Å². The Hall–Kier alpha value is -1.02. The number of furan rings is 1. The van der Waals surface area contributed by atoms with Gasteiger partial charge in [-0.15, -0.1) is 0 Å². The minimum absolute atomic E-state index is 0.336. The lowest BCUT2D eigenvalue weighted by molar-refractivity contribution is 0.539. The molecule has 0 aliphatic carbocycles. The highest BCUT2D eigenvalue weighted by Crippen LogP contribution is 2.28. The summed E-state index contributed by atoms with van der Waals surface area (Å²) in [5, 5.41) is 1.89. The van der Waals surface area contributed by atoms with Gasteiger partial charge in [-0.1, -0.05) is 25.4 Å². The maximum absolute atomic E-state index is 12.8. The largest absolute Gasteiger partial charge is 0.468 e. The van der Waals surface area contributed by atoms with Crippen molar-refractivity contribution in [2.45, 2.75) is 20.8 Å². The molecule has 0 N–H and O–H groups in total. The van der Waals surface area contributed by atoms with Crippen LogP contribution in [0.4, 0.5) is 4.39 Å². The fraction of sp³-hybridized carbons (Fsp3) is 0.273. The third-order valence-corrected chi connectivity index (χ3v) is 2.14. The number of hydrogen-bond donors (Lipinski definition) is 0. The van der Waals surface area contributed by atoms with Gasteiger partial charge in [0.05, 0.1) is 11.3 Å². The summed E-state index contributed by atoms with van der Waals surface area (Å²) in [6, 6.07) is 2.69. The Labute approximate surface area is 87.5 Å². The Morgan fingerprint density at radius 3 is 2.50 bits per heavy atom. The molecule has 0 saturated carbocycles. The van der Waals surface area contributed by atoms with E-state index in [0.717, 1.165) is 10.8 Å². The SMILES string of the molecule is CC.Cc1occ2c(Cl)cc(F)cc12. The molecule has 0 fully saturated rings. The summed E-state index contributed by atoms with van der Waals surface area (Å²) in [6.07, 6.45) is 1.53. The molecular weight excluding hydrogens is 203 g/mol. The molecular formula is C11H12ClFO. The van der Waals surface area contributed by atoms with E-state index in [9.17, 15) is 4.39 Å². The fourth-order valence-electron chi connectivity index (χ4n) is 1.21. The quantitative estimate of drug-likeness (QED) is 0.627. The molecule has 3 heteroatoms. The van der Waals surface area contributed by atoms with Gasteiger partial charge in [0, 0.05) is 10.8 Å². The third kappa shape index (κ3) is 1.90. The van der Waals surface area contributed by atoms with E-state index in [1.165, 1.54) is 18.4 Å². The van der Waals surface area contributed by atoms with Crippen molar-refractivity contribution >= 4 is 22.4 Å². The monoisotopic (exact) mass is 214 g/mol. The van der Waals surface area contributed by atoms with Gasteiger partial charge in [-0.25, -0.2) is 4.39 Å². The zero-order valence-corrected chi connectivity index (χ0v) is 9.15. The van der Waals surface area contributed by atoms with Gasteiger partial charge < -0.3 is 4.42 Å². The lowest BCUT2D eigenvalue weighted by Crippen LogP contribution is -1.75.